The average Bonchev–Trinajstić information content (AvgIpc) is 3.02. The molecule has 0 saturated carbocycles. The van der Waals surface area contributed by atoms with Crippen molar-refractivity contribution in [2.75, 3.05) is 7.11 Å². The van der Waals surface area contributed by atoms with Crippen molar-refractivity contribution in [3.8, 4) is 22.6 Å². The van der Waals surface area contributed by atoms with E-state index in [0.717, 1.165) is 16.9 Å². The molecule has 138 valence electrons. The van der Waals surface area contributed by atoms with E-state index in [-0.39, 0.29) is 16.7 Å². The van der Waals surface area contributed by atoms with E-state index in [2.05, 4.69) is 4.74 Å². The van der Waals surface area contributed by atoms with Gasteiger partial charge in [0.1, 0.15) is 11.5 Å². The summed E-state index contributed by atoms with van der Waals surface area (Å²) in [5.41, 5.74) is 2.33. The van der Waals surface area contributed by atoms with E-state index in [1.807, 2.05) is 36.4 Å². The van der Waals surface area contributed by atoms with Gasteiger partial charge in [0.05, 0.1) is 23.8 Å². The number of cyclic esters (lactones) is 2. The zero-order chi connectivity index (χ0) is 19.7. The smallest absolute Gasteiger partial charge is 0.346 e. The summed E-state index contributed by atoms with van der Waals surface area (Å²) in [7, 11) is 1.61. The molecule has 3 aromatic carbocycles. The summed E-state index contributed by atoms with van der Waals surface area (Å²) in [5.74, 6) is -0.977. The molecule has 0 radical (unpaired) electrons. The van der Waals surface area contributed by atoms with Gasteiger partial charge in [0.2, 0.25) is 0 Å². The quantitative estimate of drug-likeness (QED) is 0.392. The molecule has 1 aliphatic heterocycles. The topological polar surface area (TPSA) is 78.9 Å². The summed E-state index contributed by atoms with van der Waals surface area (Å²) < 4.78 is 15.0. The molecule has 0 N–H and O–H groups in total. The fraction of sp³-hybridized carbons (Fsp3) is 0.0455. The van der Waals surface area contributed by atoms with Crippen molar-refractivity contribution in [3.05, 3.63) is 83.4 Å². The molecule has 4 rings (SSSR count). The summed E-state index contributed by atoms with van der Waals surface area (Å²) in [6.45, 7) is 0. The maximum atomic E-state index is 12.4. The average molecular weight is 374 g/mol. The highest BCUT2D eigenvalue weighted by atomic mass is 16.6. The van der Waals surface area contributed by atoms with E-state index in [0.29, 0.717) is 5.75 Å². The van der Waals surface area contributed by atoms with Crippen LogP contribution in [-0.2, 0) is 4.74 Å². The predicted octanol–water partition coefficient (Wildman–Crippen LogP) is 3.89. The molecule has 0 amide bonds. The maximum Gasteiger partial charge on any atom is 0.346 e. The number of ether oxygens (including phenoxy) is 3. The van der Waals surface area contributed by atoms with Crippen molar-refractivity contribution in [3.63, 3.8) is 0 Å². The van der Waals surface area contributed by atoms with Gasteiger partial charge in [-0.2, -0.15) is 0 Å². The van der Waals surface area contributed by atoms with E-state index in [1.54, 1.807) is 19.2 Å². The van der Waals surface area contributed by atoms with Gasteiger partial charge in [-0.25, -0.2) is 14.4 Å². The Balaban J connectivity index is 1.50. The Hall–Kier alpha value is -3.93. The molecular formula is C22H14O6. The standard InChI is InChI=1S/C22H14O6/c1-26-16-7-2-13(3-8-16)14-4-9-17(10-5-14)27-20(23)15-6-11-18-19(12-15)22(25)28-21(18)24/h2-12H,1H3. The van der Waals surface area contributed by atoms with Crippen LogP contribution in [0.15, 0.2) is 66.7 Å². The largest absolute Gasteiger partial charge is 0.497 e. The van der Waals surface area contributed by atoms with Gasteiger partial charge in [-0.3, -0.25) is 0 Å². The monoisotopic (exact) mass is 374 g/mol. The zero-order valence-electron chi connectivity index (χ0n) is 14.8. The lowest BCUT2D eigenvalue weighted by Gasteiger charge is -2.07. The van der Waals surface area contributed by atoms with Crippen molar-refractivity contribution < 1.29 is 28.6 Å². The van der Waals surface area contributed by atoms with E-state index in [4.69, 9.17) is 9.47 Å². The van der Waals surface area contributed by atoms with Gasteiger partial charge in [0.15, 0.2) is 0 Å². The van der Waals surface area contributed by atoms with Crippen LogP contribution < -0.4 is 9.47 Å². The van der Waals surface area contributed by atoms with Gasteiger partial charge in [-0.15, -0.1) is 0 Å². The number of hydrogen-bond acceptors (Lipinski definition) is 6. The minimum absolute atomic E-state index is 0.0642. The fourth-order valence-electron chi connectivity index (χ4n) is 2.88. The molecule has 1 heterocycles. The molecule has 0 aliphatic carbocycles. The number of esters is 3. The Morgan fingerprint density at radius 1 is 0.750 bits per heavy atom. The first-order valence-electron chi connectivity index (χ1n) is 8.42. The molecule has 6 heteroatoms. The zero-order valence-corrected chi connectivity index (χ0v) is 14.8. The molecule has 3 aromatic rings. The third-order valence-electron chi connectivity index (χ3n) is 4.37. The van der Waals surface area contributed by atoms with Crippen molar-refractivity contribution in [2.24, 2.45) is 0 Å². The Kier molecular flexibility index (Phi) is 4.37. The normalized spacial score (nSPS) is 12.3. The van der Waals surface area contributed by atoms with Crippen molar-refractivity contribution in [2.45, 2.75) is 0 Å². The number of methoxy groups -OCH3 is 1. The van der Waals surface area contributed by atoms with Gasteiger partial charge in [-0.05, 0) is 53.6 Å². The predicted molar refractivity (Wildman–Crippen MR) is 99.6 cm³/mol. The third kappa shape index (κ3) is 3.23. The molecule has 0 unspecified atom stereocenters. The number of carbonyl (C=O) groups is 3. The van der Waals surface area contributed by atoms with E-state index >= 15 is 0 Å². The van der Waals surface area contributed by atoms with Crippen LogP contribution in [0.1, 0.15) is 31.1 Å². The van der Waals surface area contributed by atoms with Crippen molar-refractivity contribution in [1.29, 1.82) is 0 Å². The first kappa shape index (κ1) is 17.5. The maximum absolute atomic E-state index is 12.4. The van der Waals surface area contributed by atoms with Gasteiger partial charge in [0.25, 0.3) is 0 Å². The highest BCUT2D eigenvalue weighted by Gasteiger charge is 2.30. The van der Waals surface area contributed by atoms with Gasteiger partial charge in [0, 0.05) is 0 Å². The van der Waals surface area contributed by atoms with Crippen LogP contribution in [0.25, 0.3) is 11.1 Å². The number of rotatable bonds is 4. The third-order valence-corrected chi connectivity index (χ3v) is 4.37. The van der Waals surface area contributed by atoms with Crippen LogP contribution in [0.2, 0.25) is 0 Å². The van der Waals surface area contributed by atoms with Crippen LogP contribution in [0.4, 0.5) is 0 Å². The lowest BCUT2D eigenvalue weighted by atomic mass is 10.1. The van der Waals surface area contributed by atoms with Crippen LogP contribution >= 0.6 is 0 Å². The van der Waals surface area contributed by atoms with E-state index in [9.17, 15) is 14.4 Å². The minimum atomic E-state index is -0.765. The molecule has 28 heavy (non-hydrogen) atoms. The lowest BCUT2D eigenvalue weighted by molar-refractivity contribution is 0.0443. The highest BCUT2D eigenvalue weighted by Crippen LogP contribution is 2.26. The molecule has 0 atom stereocenters. The van der Waals surface area contributed by atoms with Gasteiger partial charge in [-0.1, -0.05) is 24.3 Å². The molecule has 6 nitrogen and oxygen atoms in total. The summed E-state index contributed by atoms with van der Waals surface area (Å²) in [4.78, 5) is 35.4. The van der Waals surface area contributed by atoms with Crippen LogP contribution in [0, 0.1) is 0 Å². The van der Waals surface area contributed by atoms with Gasteiger partial charge < -0.3 is 14.2 Å². The summed E-state index contributed by atoms with van der Waals surface area (Å²) in [5, 5.41) is 0. The fourth-order valence-corrected chi connectivity index (χ4v) is 2.88. The lowest BCUT2D eigenvalue weighted by Crippen LogP contribution is -2.09. The Morgan fingerprint density at radius 2 is 1.32 bits per heavy atom. The first-order valence-corrected chi connectivity index (χ1v) is 8.42. The number of fused-ring (bicyclic) bond motifs is 1. The molecule has 0 fully saturated rings. The van der Waals surface area contributed by atoms with Crippen molar-refractivity contribution >= 4 is 17.9 Å². The molecular weight excluding hydrogens is 360 g/mol. The summed E-state index contributed by atoms with van der Waals surface area (Å²) >= 11 is 0. The van der Waals surface area contributed by atoms with Crippen molar-refractivity contribution in [1.82, 2.24) is 0 Å². The number of carbonyl (C=O) groups excluding carboxylic acids is 3. The molecule has 0 saturated heterocycles. The first-order chi connectivity index (χ1) is 13.5. The summed E-state index contributed by atoms with van der Waals surface area (Å²) in [6, 6.07) is 18.8. The van der Waals surface area contributed by atoms with Crippen LogP contribution in [0.3, 0.4) is 0 Å². The van der Waals surface area contributed by atoms with E-state index in [1.165, 1.54) is 18.2 Å². The van der Waals surface area contributed by atoms with Crippen LogP contribution in [0.5, 0.6) is 11.5 Å². The minimum Gasteiger partial charge on any atom is -0.497 e. The SMILES string of the molecule is COc1ccc(-c2ccc(OC(=O)c3ccc4c(c3)C(=O)OC4=O)cc2)cc1. The Morgan fingerprint density at radius 3 is 1.93 bits per heavy atom. The van der Waals surface area contributed by atoms with Crippen LogP contribution in [-0.4, -0.2) is 25.0 Å². The molecule has 0 aromatic heterocycles. The second kappa shape index (κ2) is 7.00. The summed E-state index contributed by atoms with van der Waals surface area (Å²) in [6.07, 6.45) is 0. The number of benzene rings is 3. The van der Waals surface area contributed by atoms with E-state index < -0.39 is 17.9 Å². The highest BCUT2D eigenvalue weighted by molar-refractivity contribution is 6.15. The second-order valence-corrected chi connectivity index (χ2v) is 6.08. The second-order valence-electron chi connectivity index (χ2n) is 6.08. The Labute approximate surface area is 160 Å². The molecule has 0 spiro atoms. The van der Waals surface area contributed by atoms with Gasteiger partial charge >= 0.3 is 17.9 Å². The molecule has 1 aliphatic rings. The molecule has 0 bridgehead atoms. The Bertz CT molecular complexity index is 1080. The number of hydrogen-bond donors (Lipinski definition) is 0.